The zero-order valence-electron chi connectivity index (χ0n) is 10.6. The Hall–Kier alpha value is -1.08. The van der Waals surface area contributed by atoms with Crippen LogP contribution in [0.5, 0.6) is 0 Å². The van der Waals surface area contributed by atoms with Crippen LogP contribution in [0.4, 0.5) is 0 Å². The lowest BCUT2D eigenvalue weighted by Crippen LogP contribution is -2.29. The summed E-state index contributed by atoms with van der Waals surface area (Å²) in [5, 5.41) is 4.82. The van der Waals surface area contributed by atoms with Gasteiger partial charge in [0.2, 0.25) is 0 Å². The molecule has 0 amide bonds. The number of aromatic nitrogens is 3. The number of hydrogen-bond acceptors (Lipinski definition) is 6. The van der Waals surface area contributed by atoms with Gasteiger partial charge < -0.3 is 0 Å². The molecule has 0 bridgehead atoms. The van der Waals surface area contributed by atoms with E-state index >= 15 is 0 Å². The van der Waals surface area contributed by atoms with E-state index in [4.69, 9.17) is 17.4 Å². The van der Waals surface area contributed by atoms with Gasteiger partial charge >= 0.3 is 0 Å². The largest absolute Gasteiger partial charge is 0.271 e. The van der Waals surface area contributed by atoms with E-state index in [0.717, 1.165) is 29.0 Å². The second kappa shape index (κ2) is 6.91. The van der Waals surface area contributed by atoms with Gasteiger partial charge in [0.25, 0.3) is 0 Å². The molecule has 0 radical (unpaired) electrons. The van der Waals surface area contributed by atoms with Crippen molar-refractivity contribution in [2.24, 2.45) is 5.84 Å². The van der Waals surface area contributed by atoms with Gasteiger partial charge in [-0.3, -0.25) is 16.3 Å². The highest BCUT2D eigenvalue weighted by molar-refractivity contribution is 7.05. The molecular formula is C12H16ClN5S. The third-order valence-corrected chi connectivity index (χ3v) is 4.09. The molecule has 0 saturated heterocycles. The molecule has 2 aromatic heterocycles. The van der Waals surface area contributed by atoms with Gasteiger partial charge in [0, 0.05) is 12.4 Å². The van der Waals surface area contributed by atoms with E-state index in [1.54, 1.807) is 12.4 Å². The zero-order valence-corrected chi connectivity index (χ0v) is 12.2. The summed E-state index contributed by atoms with van der Waals surface area (Å²) in [4.78, 5) is 5.06. The molecule has 0 aromatic carbocycles. The third kappa shape index (κ3) is 3.48. The van der Waals surface area contributed by atoms with Crippen LogP contribution in [0.1, 0.15) is 35.5 Å². The minimum Gasteiger partial charge on any atom is -0.271 e. The summed E-state index contributed by atoms with van der Waals surface area (Å²) in [7, 11) is 0. The zero-order chi connectivity index (χ0) is 13.7. The standard InChI is InChI=1S/C12H16ClN5S/c1-2-3-10-12(19-18-17-10)11(16-14)6-8-4-5-15-7-9(8)13/h4-5,7,11,16H,2-3,6,14H2,1H3. The summed E-state index contributed by atoms with van der Waals surface area (Å²) in [6, 6.07) is 1.88. The number of hydrogen-bond donors (Lipinski definition) is 2. The predicted octanol–water partition coefficient (Wildman–Crippen LogP) is 2.29. The number of pyridine rings is 1. The van der Waals surface area contributed by atoms with Crippen LogP contribution in [-0.2, 0) is 12.8 Å². The van der Waals surface area contributed by atoms with E-state index in [-0.39, 0.29) is 6.04 Å². The molecule has 0 saturated carbocycles. The number of hydrazine groups is 1. The van der Waals surface area contributed by atoms with Crippen molar-refractivity contribution in [3.63, 3.8) is 0 Å². The van der Waals surface area contributed by atoms with E-state index in [2.05, 4.69) is 26.9 Å². The monoisotopic (exact) mass is 297 g/mol. The number of halogens is 1. The Balaban J connectivity index is 2.20. The van der Waals surface area contributed by atoms with E-state index in [0.29, 0.717) is 11.4 Å². The van der Waals surface area contributed by atoms with Gasteiger partial charge in [0.15, 0.2) is 0 Å². The second-order valence-electron chi connectivity index (χ2n) is 4.22. The van der Waals surface area contributed by atoms with Crippen molar-refractivity contribution in [2.45, 2.75) is 32.2 Å². The molecule has 2 aromatic rings. The van der Waals surface area contributed by atoms with Crippen LogP contribution in [0.25, 0.3) is 0 Å². The quantitative estimate of drug-likeness (QED) is 0.632. The van der Waals surface area contributed by atoms with E-state index in [9.17, 15) is 0 Å². The molecule has 3 N–H and O–H groups in total. The molecule has 7 heteroatoms. The van der Waals surface area contributed by atoms with Gasteiger partial charge in [-0.05, 0) is 36.0 Å². The summed E-state index contributed by atoms with van der Waals surface area (Å²) in [6.07, 6.45) is 6.01. The van der Waals surface area contributed by atoms with Gasteiger partial charge in [-0.2, -0.15) is 0 Å². The van der Waals surface area contributed by atoms with E-state index in [1.807, 2.05) is 6.07 Å². The number of nitrogens with two attached hydrogens (primary N) is 1. The molecule has 0 spiro atoms. The molecule has 0 aliphatic rings. The molecule has 5 nitrogen and oxygen atoms in total. The van der Waals surface area contributed by atoms with Crippen LogP contribution in [0.3, 0.4) is 0 Å². The third-order valence-electron chi connectivity index (χ3n) is 2.87. The van der Waals surface area contributed by atoms with Crippen molar-refractivity contribution < 1.29 is 0 Å². The molecular weight excluding hydrogens is 282 g/mol. The van der Waals surface area contributed by atoms with Crippen molar-refractivity contribution in [1.29, 1.82) is 0 Å². The second-order valence-corrected chi connectivity index (χ2v) is 5.42. The van der Waals surface area contributed by atoms with Gasteiger partial charge in [0.1, 0.15) is 0 Å². The normalized spacial score (nSPS) is 12.6. The highest BCUT2D eigenvalue weighted by Gasteiger charge is 2.19. The number of aryl methyl sites for hydroxylation is 1. The maximum Gasteiger partial charge on any atom is 0.0804 e. The van der Waals surface area contributed by atoms with Crippen LogP contribution in [0.15, 0.2) is 18.5 Å². The van der Waals surface area contributed by atoms with Gasteiger partial charge in [0.05, 0.1) is 21.6 Å². The van der Waals surface area contributed by atoms with Crippen molar-refractivity contribution in [1.82, 2.24) is 20.0 Å². The van der Waals surface area contributed by atoms with E-state index < -0.39 is 0 Å². The first-order valence-electron chi connectivity index (χ1n) is 6.11. The molecule has 0 aliphatic heterocycles. The van der Waals surface area contributed by atoms with Crippen LogP contribution in [-0.4, -0.2) is 14.6 Å². The number of nitrogens with one attached hydrogen (secondary N) is 1. The topological polar surface area (TPSA) is 76.7 Å². The maximum absolute atomic E-state index is 6.13. The lowest BCUT2D eigenvalue weighted by atomic mass is 10.0. The van der Waals surface area contributed by atoms with Crippen molar-refractivity contribution in [3.05, 3.63) is 39.6 Å². The Morgan fingerprint density at radius 3 is 3.05 bits per heavy atom. The highest BCUT2D eigenvalue weighted by atomic mass is 35.5. The Morgan fingerprint density at radius 2 is 2.37 bits per heavy atom. The highest BCUT2D eigenvalue weighted by Crippen LogP contribution is 2.26. The lowest BCUT2D eigenvalue weighted by molar-refractivity contribution is 0.554. The molecule has 2 heterocycles. The average molecular weight is 298 g/mol. The summed E-state index contributed by atoms with van der Waals surface area (Å²) >= 11 is 7.51. The van der Waals surface area contributed by atoms with E-state index in [1.165, 1.54) is 11.5 Å². The van der Waals surface area contributed by atoms with Gasteiger partial charge in [-0.25, -0.2) is 0 Å². The van der Waals surface area contributed by atoms with Crippen LogP contribution in [0, 0.1) is 0 Å². The summed E-state index contributed by atoms with van der Waals surface area (Å²) in [5.41, 5.74) is 4.85. The molecule has 19 heavy (non-hydrogen) atoms. The van der Waals surface area contributed by atoms with Crippen LogP contribution < -0.4 is 11.3 Å². The first-order chi connectivity index (χ1) is 9.26. The van der Waals surface area contributed by atoms with Crippen molar-refractivity contribution in [2.75, 3.05) is 0 Å². The predicted molar refractivity (Wildman–Crippen MR) is 76.9 cm³/mol. The number of nitrogens with zero attached hydrogens (tertiary/aromatic N) is 3. The molecule has 1 atom stereocenters. The van der Waals surface area contributed by atoms with Gasteiger partial charge in [-0.15, -0.1) is 5.10 Å². The fraction of sp³-hybridized carbons (Fsp3) is 0.417. The summed E-state index contributed by atoms with van der Waals surface area (Å²) in [6.45, 7) is 2.12. The minimum absolute atomic E-state index is 0.0264. The average Bonchev–Trinajstić information content (AvgIpc) is 2.86. The Kier molecular flexibility index (Phi) is 5.21. The first kappa shape index (κ1) is 14.3. The maximum atomic E-state index is 6.13. The van der Waals surface area contributed by atoms with Gasteiger partial charge in [-0.1, -0.05) is 29.4 Å². The minimum atomic E-state index is -0.0264. The van der Waals surface area contributed by atoms with Crippen LogP contribution in [0.2, 0.25) is 5.02 Å². The Labute approximate surface area is 121 Å². The SMILES string of the molecule is CCCc1nnsc1C(Cc1ccncc1Cl)NN. The lowest BCUT2D eigenvalue weighted by Gasteiger charge is -2.15. The summed E-state index contributed by atoms with van der Waals surface area (Å²) in [5.74, 6) is 5.67. The summed E-state index contributed by atoms with van der Waals surface area (Å²) < 4.78 is 4.02. The molecule has 102 valence electrons. The molecule has 0 fully saturated rings. The van der Waals surface area contributed by atoms with Crippen molar-refractivity contribution >= 4 is 23.1 Å². The Morgan fingerprint density at radius 1 is 1.53 bits per heavy atom. The molecule has 0 aliphatic carbocycles. The smallest absolute Gasteiger partial charge is 0.0804 e. The molecule has 2 rings (SSSR count). The van der Waals surface area contributed by atoms with Crippen molar-refractivity contribution in [3.8, 4) is 0 Å². The molecule has 1 unspecified atom stereocenters. The van der Waals surface area contributed by atoms with Crippen LogP contribution >= 0.6 is 23.1 Å². The first-order valence-corrected chi connectivity index (χ1v) is 7.27. The fourth-order valence-corrected chi connectivity index (χ4v) is 2.86. The Bertz CT molecular complexity index is 530. The number of rotatable bonds is 6. The fourth-order valence-electron chi connectivity index (χ4n) is 1.91.